The van der Waals surface area contributed by atoms with Crippen LogP contribution in [0.25, 0.3) is 0 Å². The molecule has 2 aromatic carbocycles. The first-order valence-electron chi connectivity index (χ1n) is 8.94. The highest BCUT2D eigenvalue weighted by molar-refractivity contribution is 7.99. The summed E-state index contributed by atoms with van der Waals surface area (Å²) in [4.78, 5) is 24.5. The van der Waals surface area contributed by atoms with Crippen LogP contribution in [0.4, 0.5) is 5.69 Å². The molecule has 0 spiro atoms. The zero-order chi connectivity index (χ0) is 21.7. The van der Waals surface area contributed by atoms with Crippen molar-refractivity contribution in [2.45, 2.75) is 18.6 Å². The lowest BCUT2D eigenvalue weighted by Gasteiger charge is -2.08. The minimum atomic E-state index is -0.341. The normalized spacial score (nSPS) is 10.7. The van der Waals surface area contributed by atoms with Crippen molar-refractivity contribution in [1.82, 2.24) is 20.1 Å². The van der Waals surface area contributed by atoms with Gasteiger partial charge in [-0.2, -0.15) is 0 Å². The van der Waals surface area contributed by atoms with Gasteiger partial charge >= 0.3 is 0 Å². The Balaban J connectivity index is 1.54. The summed E-state index contributed by atoms with van der Waals surface area (Å²) in [6, 6.07) is 12.3. The summed E-state index contributed by atoms with van der Waals surface area (Å²) in [6.07, 6.45) is 0. The van der Waals surface area contributed by atoms with Crippen molar-refractivity contribution in [3.05, 3.63) is 69.5 Å². The fourth-order valence-corrected chi connectivity index (χ4v) is 3.83. The minimum Gasteiger partial charge on any atom is -0.345 e. The molecule has 0 saturated carbocycles. The van der Waals surface area contributed by atoms with Crippen LogP contribution < -0.4 is 10.6 Å². The van der Waals surface area contributed by atoms with Crippen LogP contribution in [0.15, 0.2) is 47.6 Å². The number of halogens is 2. The first-order chi connectivity index (χ1) is 14.3. The Morgan fingerprint density at radius 3 is 2.67 bits per heavy atom. The van der Waals surface area contributed by atoms with Gasteiger partial charge in [-0.25, -0.2) is 0 Å². The molecule has 2 N–H and O–H groups in total. The van der Waals surface area contributed by atoms with E-state index in [0.717, 1.165) is 11.3 Å². The van der Waals surface area contributed by atoms with Crippen molar-refractivity contribution in [3.8, 4) is 0 Å². The third-order valence-electron chi connectivity index (χ3n) is 4.14. The van der Waals surface area contributed by atoms with Crippen LogP contribution in [0, 0.1) is 6.92 Å². The summed E-state index contributed by atoms with van der Waals surface area (Å²) >= 11 is 13.2. The quantitative estimate of drug-likeness (QED) is 0.515. The number of aryl methyl sites for hydroxylation is 1. The average molecular weight is 464 g/mol. The van der Waals surface area contributed by atoms with E-state index in [4.69, 9.17) is 23.2 Å². The molecule has 156 valence electrons. The van der Waals surface area contributed by atoms with Gasteiger partial charge in [0.2, 0.25) is 5.91 Å². The largest absolute Gasteiger partial charge is 0.345 e. The number of hydrogen-bond acceptors (Lipinski definition) is 5. The molecule has 0 aliphatic rings. The van der Waals surface area contributed by atoms with E-state index < -0.39 is 0 Å². The van der Waals surface area contributed by atoms with Gasteiger partial charge in [-0.15, -0.1) is 10.2 Å². The van der Waals surface area contributed by atoms with Crippen LogP contribution in [0.5, 0.6) is 0 Å². The van der Waals surface area contributed by atoms with Crippen molar-refractivity contribution < 1.29 is 9.59 Å². The van der Waals surface area contributed by atoms with E-state index in [1.54, 1.807) is 23.7 Å². The summed E-state index contributed by atoms with van der Waals surface area (Å²) in [5.74, 6) is 0.259. The molecular formula is C20H19Cl2N5O2S. The maximum atomic E-state index is 12.3. The van der Waals surface area contributed by atoms with Crippen molar-refractivity contribution in [2.24, 2.45) is 7.05 Å². The van der Waals surface area contributed by atoms with E-state index in [0.29, 0.717) is 21.6 Å². The summed E-state index contributed by atoms with van der Waals surface area (Å²) < 4.78 is 1.73. The van der Waals surface area contributed by atoms with Crippen LogP contribution in [0.3, 0.4) is 0 Å². The van der Waals surface area contributed by atoms with Gasteiger partial charge in [-0.1, -0.05) is 47.1 Å². The van der Waals surface area contributed by atoms with Crippen molar-refractivity contribution in [2.75, 3.05) is 11.1 Å². The number of nitrogens with one attached hydrogen (secondary N) is 2. The van der Waals surface area contributed by atoms with Gasteiger partial charge in [0.25, 0.3) is 5.91 Å². The zero-order valence-corrected chi connectivity index (χ0v) is 18.6. The number of thioether (sulfide) groups is 1. The van der Waals surface area contributed by atoms with Gasteiger partial charge < -0.3 is 15.2 Å². The van der Waals surface area contributed by atoms with E-state index >= 15 is 0 Å². The first-order valence-corrected chi connectivity index (χ1v) is 10.7. The van der Waals surface area contributed by atoms with Crippen LogP contribution in [-0.4, -0.2) is 32.3 Å². The number of anilines is 1. The maximum absolute atomic E-state index is 12.3. The second-order valence-corrected chi connectivity index (χ2v) is 8.26. The molecule has 0 saturated heterocycles. The molecule has 2 amide bonds. The standard InChI is InChI=1S/C20H19Cl2N5O2S/c1-12-4-3-5-14(8-12)24-18(28)11-30-20-26-25-17(27(20)2)10-23-19(29)15-7-6-13(21)9-16(15)22/h3-9H,10-11H2,1-2H3,(H,23,29)(H,24,28). The van der Waals surface area contributed by atoms with Crippen molar-refractivity contribution in [1.29, 1.82) is 0 Å². The number of benzene rings is 2. The van der Waals surface area contributed by atoms with E-state index in [2.05, 4.69) is 20.8 Å². The highest BCUT2D eigenvalue weighted by Gasteiger charge is 2.15. The molecule has 0 aliphatic carbocycles. The predicted octanol–water partition coefficient (Wildman–Crippen LogP) is 4.09. The molecule has 1 aromatic heterocycles. The van der Waals surface area contributed by atoms with Crippen molar-refractivity contribution in [3.63, 3.8) is 0 Å². The molecule has 30 heavy (non-hydrogen) atoms. The molecule has 0 atom stereocenters. The average Bonchev–Trinajstić information content (AvgIpc) is 3.04. The molecule has 0 fully saturated rings. The van der Waals surface area contributed by atoms with Gasteiger partial charge in [-0.3, -0.25) is 9.59 Å². The third-order valence-corrected chi connectivity index (χ3v) is 5.71. The highest BCUT2D eigenvalue weighted by Crippen LogP contribution is 2.21. The van der Waals surface area contributed by atoms with E-state index in [9.17, 15) is 9.59 Å². The maximum Gasteiger partial charge on any atom is 0.253 e. The van der Waals surface area contributed by atoms with E-state index in [-0.39, 0.29) is 29.1 Å². The van der Waals surface area contributed by atoms with Gasteiger partial charge in [0, 0.05) is 17.8 Å². The Kier molecular flexibility index (Phi) is 7.36. The third kappa shape index (κ3) is 5.75. The molecular weight excluding hydrogens is 445 g/mol. The summed E-state index contributed by atoms with van der Waals surface area (Å²) in [5, 5.41) is 15.1. The number of nitrogens with zero attached hydrogens (tertiary/aromatic N) is 3. The molecule has 10 heteroatoms. The molecule has 3 rings (SSSR count). The van der Waals surface area contributed by atoms with Gasteiger partial charge in [0.05, 0.1) is 22.9 Å². The van der Waals surface area contributed by atoms with E-state index in [1.165, 1.54) is 17.8 Å². The number of carbonyl (C=O) groups excluding carboxylic acids is 2. The van der Waals surface area contributed by atoms with E-state index in [1.807, 2.05) is 31.2 Å². The SMILES string of the molecule is Cc1cccc(NC(=O)CSc2nnc(CNC(=O)c3ccc(Cl)cc3Cl)n2C)c1. The number of aromatic nitrogens is 3. The van der Waals surface area contributed by atoms with Crippen LogP contribution in [0.2, 0.25) is 10.0 Å². The van der Waals surface area contributed by atoms with Gasteiger partial charge in [-0.05, 0) is 42.8 Å². The van der Waals surface area contributed by atoms with Crippen molar-refractivity contribution >= 4 is 52.5 Å². The molecule has 0 radical (unpaired) electrons. The number of rotatable bonds is 7. The van der Waals surface area contributed by atoms with Crippen LogP contribution in [-0.2, 0) is 18.4 Å². The summed E-state index contributed by atoms with van der Waals surface area (Å²) in [6.45, 7) is 2.13. The van der Waals surface area contributed by atoms with Crippen LogP contribution >= 0.6 is 35.0 Å². The molecule has 0 aliphatic heterocycles. The molecule has 1 heterocycles. The summed E-state index contributed by atoms with van der Waals surface area (Å²) in [7, 11) is 1.78. The fourth-order valence-electron chi connectivity index (χ4n) is 2.60. The second kappa shape index (κ2) is 9.97. The van der Waals surface area contributed by atoms with Gasteiger partial charge in [0.1, 0.15) is 0 Å². The number of carbonyl (C=O) groups is 2. The Morgan fingerprint density at radius 1 is 1.13 bits per heavy atom. The zero-order valence-electron chi connectivity index (χ0n) is 16.3. The molecule has 0 bridgehead atoms. The first kappa shape index (κ1) is 22.1. The second-order valence-electron chi connectivity index (χ2n) is 6.47. The monoisotopic (exact) mass is 463 g/mol. The molecule has 0 unspecified atom stereocenters. The lowest BCUT2D eigenvalue weighted by molar-refractivity contribution is -0.113. The molecule has 3 aromatic rings. The minimum absolute atomic E-state index is 0.138. The highest BCUT2D eigenvalue weighted by atomic mass is 35.5. The molecule has 7 nitrogen and oxygen atoms in total. The topological polar surface area (TPSA) is 88.9 Å². The Morgan fingerprint density at radius 2 is 1.93 bits per heavy atom. The Hall–Kier alpha value is -2.55. The fraction of sp³-hybridized carbons (Fsp3) is 0.200. The lowest BCUT2D eigenvalue weighted by Crippen LogP contribution is -2.24. The number of hydrogen-bond donors (Lipinski definition) is 2. The lowest BCUT2D eigenvalue weighted by atomic mass is 10.2. The summed E-state index contributed by atoms with van der Waals surface area (Å²) in [5.41, 5.74) is 2.15. The smallest absolute Gasteiger partial charge is 0.253 e. The predicted molar refractivity (Wildman–Crippen MR) is 119 cm³/mol. The van der Waals surface area contributed by atoms with Gasteiger partial charge in [0.15, 0.2) is 11.0 Å². The number of amides is 2. The Bertz CT molecular complexity index is 1090. The Labute approximate surface area is 188 Å². The van der Waals surface area contributed by atoms with Crippen LogP contribution in [0.1, 0.15) is 21.7 Å².